The lowest BCUT2D eigenvalue weighted by Crippen LogP contribution is -2.25. The van der Waals surface area contributed by atoms with E-state index in [2.05, 4.69) is 52.1 Å². The maximum absolute atomic E-state index is 3.60. The molecule has 0 saturated carbocycles. The summed E-state index contributed by atoms with van der Waals surface area (Å²) in [6.45, 7) is 12.1. The Kier molecular flexibility index (Phi) is 5.01. The molecular weight excluding hydrogens is 194 g/mol. The van der Waals surface area contributed by atoms with Gasteiger partial charge in [-0.05, 0) is 50.8 Å². The van der Waals surface area contributed by atoms with E-state index in [0.29, 0.717) is 6.04 Å². The SMILES string of the molecule is CCCC(C)NCc1c(C)cc(C)cc1C. The van der Waals surface area contributed by atoms with Crippen molar-refractivity contribution in [3.8, 4) is 0 Å². The van der Waals surface area contributed by atoms with E-state index in [0.717, 1.165) is 6.54 Å². The zero-order valence-electron chi connectivity index (χ0n) is 11.4. The third-order valence-corrected chi connectivity index (χ3v) is 3.19. The maximum Gasteiger partial charge on any atom is 0.0213 e. The molecule has 1 unspecified atom stereocenters. The van der Waals surface area contributed by atoms with Crippen LogP contribution in [0.2, 0.25) is 0 Å². The molecule has 0 saturated heterocycles. The first-order valence-electron chi connectivity index (χ1n) is 6.34. The van der Waals surface area contributed by atoms with Gasteiger partial charge in [0.15, 0.2) is 0 Å². The largest absolute Gasteiger partial charge is 0.310 e. The van der Waals surface area contributed by atoms with Gasteiger partial charge in [-0.15, -0.1) is 0 Å². The molecule has 1 nitrogen and oxygen atoms in total. The highest BCUT2D eigenvalue weighted by molar-refractivity contribution is 5.37. The van der Waals surface area contributed by atoms with Crippen molar-refractivity contribution in [1.29, 1.82) is 0 Å². The first kappa shape index (κ1) is 13.2. The Labute approximate surface area is 100 Å². The van der Waals surface area contributed by atoms with Crippen LogP contribution < -0.4 is 5.32 Å². The Balaban J connectivity index is 2.67. The molecule has 90 valence electrons. The third kappa shape index (κ3) is 3.64. The lowest BCUT2D eigenvalue weighted by Gasteiger charge is -2.16. The van der Waals surface area contributed by atoms with Crippen molar-refractivity contribution in [3.63, 3.8) is 0 Å². The highest BCUT2D eigenvalue weighted by Crippen LogP contribution is 2.16. The predicted octanol–water partition coefficient (Wildman–Crippen LogP) is 3.89. The molecule has 0 aliphatic rings. The molecular formula is C15H25N. The molecule has 0 fully saturated rings. The van der Waals surface area contributed by atoms with Crippen LogP contribution in [0, 0.1) is 20.8 Å². The normalized spacial score (nSPS) is 12.8. The smallest absolute Gasteiger partial charge is 0.0213 e. The molecule has 0 aliphatic heterocycles. The summed E-state index contributed by atoms with van der Waals surface area (Å²) in [6.07, 6.45) is 2.50. The second-order valence-electron chi connectivity index (χ2n) is 4.95. The summed E-state index contributed by atoms with van der Waals surface area (Å²) in [6, 6.07) is 5.16. The van der Waals surface area contributed by atoms with Crippen molar-refractivity contribution < 1.29 is 0 Å². The fourth-order valence-electron chi connectivity index (χ4n) is 2.30. The molecule has 1 N–H and O–H groups in total. The van der Waals surface area contributed by atoms with Crippen molar-refractivity contribution in [1.82, 2.24) is 5.32 Å². The predicted molar refractivity (Wildman–Crippen MR) is 71.9 cm³/mol. The zero-order chi connectivity index (χ0) is 12.1. The van der Waals surface area contributed by atoms with Crippen LogP contribution >= 0.6 is 0 Å². The third-order valence-electron chi connectivity index (χ3n) is 3.19. The summed E-state index contributed by atoms with van der Waals surface area (Å²) < 4.78 is 0. The Morgan fingerprint density at radius 3 is 2.19 bits per heavy atom. The van der Waals surface area contributed by atoms with Crippen LogP contribution in [0.1, 0.15) is 48.9 Å². The molecule has 16 heavy (non-hydrogen) atoms. The van der Waals surface area contributed by atoms with Gasteiger partial charge in [0.2, 0.25) is 0 Å². The average Bonchev–Trinajstić information content (AvgIpc) is 2.16. The quantitative estimate of drug-likeness (QED) is 0.792. The van der Waals surface area contributed by atoms with Gasteiger partial charge >= 0.3 is 0 Å². The number of rotatable bonds is 5. The summed E-state index contributed by atoms with van der Waals surface area (Å²) in [4.78, 5) is 0. The molecule has 1 aromatic carbocycles. The molecule has 0 aliphatic carbocycles. The van der Waals surface area contributed by atoms with E-state index in [-0.39, 0.29) is 0 Å². The number of benzene rings is 1. The molecule has 1 rings (SSSR count). The van der Waals surface area contributed by atoms with Crippen LogP contribution in [0.25, 0.3) is 0 Å². The van der Waals surface area contributed by atoms with Gasteiger partial charge in [0.05, 0.1) is 0 Å². The number of nitrogens with one attached hydrogen (secondary N) is 1. The summed E-state index contributed by atoms with van der Waals surface area (Å²) in [7, 11) is 0. The van der Waals surface area contributed by atoms with Gasteiger partial charge in [-0.2, -0.15) is 0 Å². The van der Waals surface area contributed by atoms with Gasteiger partial charge in [-0.1, -0.05) is 31.0 Å². The van der Waals surface area contributed by atoms with E-state index in [1.165, 1.54) is 35.1 Å². The van der Waals surface area contributed by atoms with Crippen LogP contribution in [0.4, 0.5) is 0 Å². The highest BCUT2D eigenvalue weighted by Gasteiger charge is 2.05. The van der Waals surface area contributed by atoms with E-state index in [1.54, 1.807) is 0 Å². The first-order chi connectivity index (χ1) is 7.54. The molecule has 0 amide bonds. The van der Waals surface area contributed by atoms with E-state index in [1.807, 2.05) is 0 Å². The van der Waals surface area contributed by atoms with Gasteiger partial charge in [-0.3, -0.25) is 0 Å². The number of hydrogen-bond acceptors (Lipinski definition) is 1. The van der Waals surface area contributed by atoms with Crippen LogP contribution in [-0.2, 0) is 6.54 Å². The van der Waals surface area contributed by atoms with E-state index in [9.17, 15) is 0 Å². The van der Waals surface area contributed by atoms with Crippen molar-refractivity contribution in [3.05, 3.63) is 34.4 Å². The van der Waals surface area contributed by atoms with Crippen molar-refractivity contribution in [2.75, 3.05) is 0 Å². The second kappa shape index (κ2) is 6.05. The van der Waals surface area contributed by atoms with Gasteiger partial charge in [-0.25, -0.2) is 0 Å². The maximum atomic E-state index is 3.60. The average molecular weight is 219 g/mol. The van der Waals surface area contributed by atoms with Crippen molar-refractivity contribution in [2.24, 2.45) is 0 Å². The monoisotopic (exact) mass is 219 g/mol. The standard InChI is InChI=1S/C15H25N/c1-6-7-14(5)16-10-15-12(3)8-11(2)9-13(15)4/h8-9,14,16H,6-7,10H2,1-5H3. The summed E-state index contributed by atoms with van der Waals surface area (Å²) in [5.41, 5.74) is 5.65. The Morgan fingerprint density at radius 1 is 1.12 bits per heavy atom. The lowest BCUT2D eigenvalue weighted by atomic mass is 9.99. The molecule has 0 radical (unpaired) electrons. The Hall–Kier alpha value is -0.820. The lowest BCUT2D eigenvalue weighted by molar-refractivity contribution is 0.507. The van der Waals surface area contributed by atoms with Crippen molar-refractivity contribution in [2.45, 2.75) is 60.0 Å². The minimum absolute atomic E-state index is 0.616. The van der Waals surface area contributed by atoms with Crippen LogP contribution in [0.3, 0.4) is 0 Å². The molecule has 0 spiro atoms. The molecule has 1 heteroatoms. The topological polar surface area (TPSA) is 12.0 Å². The van der Waals surface area contributed by atoms with Crippen LogP contribution in [0.15, 0.2) is 12.1 Å². The molecule has 0 aromatic heterocycles. The van der Waals surface area contributed by atoms with Crippen LogP contribution in [-0.4, -0.2) is 6.04 Å². The first-order valence-corrected chi connectivity index (χ1v) is 6.34. The Morgan fingerprint density at radius 2 is 1.69 bits per heavy atom. The summed E-state index contributed by atoms with van der Waals surface area (Å²) in [5.74, 6) is 0. The minimum atomic E-state index is 0.616. The Bertz CT molecular complexity index is 318. The molecule has 0 bridgehead atoms. The minimum Gasteiger partial charge on any atom is -0.310 e. The fourth-order valence-corrected chi connectivity index (χ4v) is 2.30. The van der Waals surface area contributed by atoms with Gasteiger partial charge in [0.1, 0.15) is 0 Å². The number of hydrogen-bond donors (Lipinski definition) is 1. The van der Waals surface area contributed by atoms with Gasteiger partial charge in [0, 0.05) is 12.6 Å². The van der Waals surface area contributed by atoms with E-state index in [4.69, 9.17) is 0 Å². The van der Waals surface area contributed by atoms with Crippen LogP contribution in [0.5, 0.6) is 0 Å². The van der Waals surface area contributed by atoms with Crippen molar-refractivity contribution >= 4 is 0 Å². The summed E-state index contributed by atoms with van der Waals surface area (Å²) in [5, 5.41) is 3.60. The summed E-state index contributed by atoms with van der Waals surface area (Å²) >= 11 is 0. The second-order valence-corrected chi connectivity index (χ2v) is 4.95. The van der Waals surface area contributed by atoms with Gasteiger partial charge < -0.3 is 5.32 Å². The molecule has 1 aromatic rings. The molecule has 0 heterocycles. The highest BCUT2D eigenvalue weighted by atomic mass is 14.9. The van der Waals surface area contributed by atoms with Gasteiger partial charge in [0.25, 0.3) is 0 Å². The van der Waals surface area contributed by atoms with E-state index >= 15 is 0 Å². The molecule has 1 atom stereocenters. The zero-order valence-corrected chi connectivity index (χ0v) is 11.4. The van der Waals surface area contributed by atoms with E-state index < -0.39 is 0 Å². The fraction of sp³-hybridized carbons (Fsp3) is 0.600. The number of aryl methyl sites for hydroxylation is 3.